The summed E-state index contributed by atoms with van der Waals surface area (Å²) in [4.78, 5) is 37.9. The van der Waals surface area contributed by atoms with Crippen molar-refractivity contribution in [3.63, 3.8) is 0 Å². The maximum Gasteiger partial charge on any atom is 0.353 e. The van der Waals surface area contributed by atoms with Crippen LogP contribution in [0.5, 0.6) is 0 Å². The molecule has 0 spiro atoms. The van der Waals surface area contributed by atoms with E-state index in [1.807, 2.05) is 0 Å². The van der Waals surface area contributed by atoms with E-state index in [-0.39, 0.29) is 5.69 Å². The first-order valence-electron chi connectivity index (χ1n) is 6.94. The summed E-state index contributed by atoms with van der Waals surface area (Å²) in [7, 11) is 1.58. The van der Waals surface area contributed by atoms with E-state index < -0.39 is 17.8 Å². The molecule has 118 valence electrons. The first-order chi connectivity index (χ1) is 11.0. The van der Waals surface area contributed by atoms with Crippen LogP contribution in [-0.2, 0) is 9.59 Å². The number of amides is 2. The van der Waals surface area contributed by atoms with Crippen LogP contribution in [0.15, 0.2) is 30.3 Å². The molecule has 2 heterocycles. The summed E-state index contributed by atoms with van der Waals surface area (Å²) < 4.78 is 0. The molecule has 3 rings (SSSR count). The molecule has 1 aliphatic rings. The molecule has 8 nitrogen and oxygen atoms in total. The van der Waals surface area contributed by atoms with Crippen molar-refractivity contribution in [3.8, 4) is 11.3 Å². The van der Waals surface area contributed by atoms with Crippen LogP contribution >= 0.6 is 0 Å². The molecule has 2 aromatic rings. The van der Waals surface area contributed by atoms with Crippen molar-refractivity contribution in [1.82, 2.24) is 15.1 Å². The normalized spacial score (nSPS) is 15.2. The minimum atomic E-state index is -1.12. The number of para-hydroxylation sites is 1. The summed E-state index contributed by atoms with van der Waals surface area (Å²) in [6, 6.07) is 8.34. The van der Waals surface area contributed by atoms with E-state index in [0.29, 0.717) is 30.0 Å². The van der Waals surface area contributed by atoms with Gasteiger partial charge in [0.25, 0.3) is 0 Å². The second-order valence-corrected chi connectivity index (χ2v) is 5.17. The predicted molar refractivity (Wildman–Crippen MR) is 81.0 cm³/mol. The van der Waals surface area contributed by atoms with E-state index in [4.69, 9.17) is 5.11 Å². The molecular formula is C15H14N4O4. The number of carboxylic acids is 1. The van der Waals surface area contributed by atoms with Gasteiger partial charge in [-0.3, -0.25) is 14.7 Å². The predicted octanol–water partition coefficient (Wildman–Crippen LogP) is 0.580. The number of rotatable bonds is 3. The minimum Gasteiger partial charge on any atom is -0.477 e. The molecule has 8 heteroatoms. The molecule has 1 aliphatic heterocycles. The Morgan fingerprint density at radius 3 is 2.65 bits per heavy atom. The van der Waals surface area contributed by atoms with Gasteiger partial charge in [0.05, 0.1) is 11.4 Å². The van der Waals surface area contributed by atoms with E-state index in [1.165, 1.54) is 15.9 Å². The lowest BCUT2D eigenvalue weighted by atomic mass is 10.1. The fraction of sp³-hybridized carbons (Fsp3) is 0.200. The summed E-state index contributed by atoms with van der Waals surface area (Å²) >= 11 is 0. The van der Waals surface area contributed by atoms with Gasteiger partial charge in [-0.15, -0.1) is 0 Å². The Bertz CT molecular complexity index is 798. The number of aromatic carboxylic acids is 1. The number of hydrogen-bond acceptors (Lipinski definition) is 4. The van der Waals surface area contributed by atoms with Crippen LogP contribution in [0.2, 0.25) is 0 Å². The number of nitrogens with one attached hydrogen (secondary N) is 1. The van der Waals surface area contributed by atoms with E-state index in [2.05, 4.69) is 10.2 Å². The minimum absolute atomic E-state index is 0.0458. The van der Waals surface area contributed by atoms with Gasteiger partial charge in [0.15, 0.2) is 0 Å². The number of carboxylic acid groups (broad SMARTS) is 1. The number of carbonyl (C=O) groups excluding carboxylic acids is 2. The standard InChI is InChI=1S/C15H14N4O4/c1-18-6-7-19(14(21)13(18)20)12-5-3-2-4-9(12)10-8-11(15(22)23)17-16-10/h2-5,8H,6-7H2,1H3,(H,16,17)(H,22,23). The molecule has 0 bridgehead atoms. The Kier molecular flexibility index (Phi) is 3.57. The molecule has 1 saturated heterocycles. The van der Waals surface area contributed by atoms with Crippen molar-refractivity contribution in [1.29, 1.82) is 0 Å². The molecule has 0 saturated carbocycles. The zero-order valence-corrected chi connectivity index (χ0v) is 12.3. The average molecular weight is 314 g/mol. The van der Waals surface area contributed by atoms with E-state index >= 15 is 0 Å². The second kappa shape index (κ2) is 5.56. The zero-order valence-electron chi connectivity index (χ0n) is 12.3. The SMILES string of the molecule is CN1CCN(c2ccccc2-c2cc(C(=O)O)[nH]n2)C(=O)C1=O. The Morgan fingerprint density at radius 1 is 1.22 bits per heavy atom. The Balaban J connectivity index is 2.02. The number of anilines is 1. The van der Waals surface area contributed by atoms with Gasteiger partial charge in [-0.05, 0) is 12.1 Å². The lowest BCUT2D eigenvalue weighted by Gasteiger charge is -2.32. The molecule has 2 N–H and O–H groups in total. The van der Waals surface area contributed by atoms with Gasteiger partial charge in [-0.1, -0.05) is 18.2 Å². The van der Waals surface area contributed by atoms with Gasteiger partial charge < -0.3 is 14.9 Å². The number of likely N-dealkylation sites (N-methyl/N-ethyl adjacent to an activating group) is 1. The van der Waals surface area contributed by atoms with Gasteiger partial charge in [0.2, 0.25) is 0 Å². The van der Waals surface area contributed by atoms with Gasteiger partial charge in [-0.2, -0.15) is 5.10 Å². The van der Waals surface area contributed by atoms with Crippen LogP contribution in [0.3, 0.4) is 0 Å². The zero-order chi connectivity index (χ0) is 16.6. The molecule has 1 aromatic heterocycles. The molecule has 1 fully saturated rings. The highest BCUT2D eigenvalue weighted by molar-refractivity contribution is 6.41. The number of aromatic amines is 1. The van der Waals surface area contributed by atoms with E-state index in [9.17, 15) is 14.4 Å². The van der Waals surface area contributed by atoms with Gasteiger partial charge >= 0.3 is 17.8 Å². The average Bonchev–Trinajstić information content (AvgIpc) is 3.03. The summed E-state index contributed by atoms with van der Waals surface area (Å²) in [6.07, 6.45) is 0. The molecule has 2 amide bonds. The Morgan fingerprint density at radius 2 is 1.96 bits per heavy atom. The summed E-state index contributed by atoms with van der Waals surface area (Å²) in [5, 5.41) is 15.4. The van der Waals surface area contributed by atoms with Gasteiger partial charge in [0, 0.05) is 25.7 Å². The van der Waals surface area contributed by atoms with Crippen LogP contribution in [0.4, 0.5) is 5.69 Å². The quantitative estimate of drug-likeness (QED) is 0.806. The third kappa shape index (κ3) is 2.54. The number of carbonyl (C=O) groups is 3. The van der Waals surface area contributed by atoms with Gasteiger partial charge in [0.1, 0.15) is 5.69 Å². The van der Waals surface area contributed by atoms with Crippen LogP contribution in [0.1, 0.15) is 10.5 Å². The summed E-state index contributed by atoms with van der Waals surface area (Å²) in [5.41, 5.74) is 1.47. The van der Waals surface area contributed by atoms with E-state index in [1.54, 1.807) is 31.3 Å². The fourth-order valence-electron chi connectivity index (χ4n) is 2.46. The Labute approximate surface area is 131 Å². The summed E-state index contributed by atoms with van der Waals surface area (Å²) in [5.74, 6) is -2.30. The van der Waals surface area contributed by atoms with Crippen LogP contribution in [-0.4, -0.2) is 58.1 Å². The number of nitrogens with zero attached hydrogens (tertiary/aromatic N) is 3. The van der Waals surface area contributed by atoms with Crippen molar-refractivity contribution in [3.05, 3.63) is 36.0 Å². The van der Waals surface area contributed by atoms with E-state index in [0.717, 1.165) is 0 Å². The first-order valence-corrected chi connectivity index (χ1v) is 6.94. The third-order valence-corrected chi connectivity index (χ3v) is 3.71. The Hall–Kier alpha value is -3.16. The van der Waals surface area contributed by atoms with Crippen molar-refractivity contribution in [2.24, 2.45) is 0 Å². The van der Waals surface area contributed by atoms with Crippen molar-refractivity contribution in [2.75, 3.05) is 25.0 Å². The first kappa shape index (κ1) is 14.8. The molecule has 0 aliphatic carbocycles. The smallest absolute Gasteiger partial charge is 0.353 e. The lowest BCUT2D eigenvalue weighted by Crippen LogP contribution is -2.53. The highest BCUT2D eigenvalue weighted by Gasteiger charge is 2.32. The number of benzene rings is 1. The highest BCUT2D eigenvalue weighted by Crippen LogP contribution is 2.31. The molecule has 1 aromatic carbocycles. The molecule has 0 unspecified atom stereocenters. The maximum atomic E-state index is 12.2. The highest BCUT2D eigenvalue weighted by atomic mass is 16.4. The molecule has 0 radical (unpaired) electrons. The number of aromatic nitrogens is 2. The van der Waals surface area contributed by atoms with Crippen LogP contribution in [0.25, 0.3) is 11.3 Å². The number of piperazine rings is 1. The second-order valence-electron chi connectivity index (χ2n) is 5.17. The third-order valence-electron chi connectivity index (χ3n) is 3.71. The fourth-order valence-corrected chi connectivity index (χ4v) is 2.46. The monoisotopic (exact) mass is 314 g/mol. The molecule has 23 heavy (non-hydrogen) atoms. The molecule has 0 atom stereocenters. The topological polar surface area (TPSA) is 107 Å². The maximum absolute atomic E-state index is 12.2. The molecular weight excluding hydrogens is 300 g/mol. The van der Waals surface area contributed by atoms with Crippen molar-refractivity contribution >= 4 is 23.5 Å². The largest absolute Gasteiger partial charge is 0.477 e. The van der Waals surface area contributed by atoms with Crippen LogP contribution < -0.4 is 4.90 Å². The van der Waals surface area contributed by atoms with Crippen molar-refractivity contribution in [2.45, 2.75) is 0 Å². The number of H-pyrrole nitrogens is 1. The van der Waals surface area contributed by atoms with Gasteiger partial charge in [-0.25, -0.2) is 4.79 Å². The van der Waals surface area contributed by atoms with Crippen molar-refractivity contribution < 1.29 is 19.5 Å². The number of hydrogen-bond donors (Lipinski definition) is 2. The lowest BCUT2D eigenvalue weighted by molar-refractivity contribution is -0.145. The van der Waals surface area contributed by atoms with Crippen LogP contribution in [0, 0.1) is 0 Å². The summed E-state index contributed by atoms with van der Waals surface area (Å²) in [6.45, 7) is 0.800.